The Morgan fingerprint density at radius 2 is 2.07 bits per heavy atom. The molecule has 1 rings (SSSR count). The number of rotatable bonds is 2. The molecule has 78 valence electrons. The highest BCUT2D eigenvalue weighted by Gasteiger charge is 2.17. The third-order valence-corrected chi connectivity index (χ3v) is 3.56. The Morgan fingerprint density at radius 3 is 2.43 bits per heavy atom. The fraction of sp³-hybridized carbons (Fsp3) is 0. The summed E-state index contributed by atoms with van der Waals surface area (Å²) in [6.07, 6.45) is 0. The maximum atomic E-state index is 11.3. The average molecular weight is 274 g/mol. The molecule has 0 aliphatic carbocycles. The molecule has 14 heavy (non-hydrogen) atoms. The van der Waals surface area contributed by atoms with Crippen LogP contribution in [0.25, 0.3) is 0 Å². The van der Waals surface area contributed by atoms with Gasteiger partial charge in [0.25, 0.3) is 5.91 Å². The molecule has 1 heterocycles. The topological polar surface area (TPSA) is 98.2 Å². The maximum Gasteiger partial charge on any atom is 0.300 e. The normalized spacial score (nSPS) is 11.4. The molecule has 0 aromatic carbocycles. The lowest BCUT2D eigenvalue weighted by Crippen LogP contribution is -2.27. The molecule has 0 aliphatic heterocycles. The quantitative estimate of drug-likeness (QED) is 0.716. The Balaban J connectivity index is 2.86. The average Bonchev–Trinajstić information content (AvgIpc) is 2.28. The highest BCUT2D eigenvalue weighted by Crippen LogP contribution is 2.32. The molecular weight excluding hydrogens is 268 g/mol. The van der Waals surface area contributed by atoms with Crippen LogP contribution in [0.2, 0.25) is 9.36 Å². The zero-order chi connectivity index (χ0) is 10.9. The van der Waals surface area contributed by atoms with E-state index in [1.54, 1.807) is 0 Å². The Hall–Kier alpha value is -0.100. The van der Waals surface area contributed by atoms with Crippen LogP contribution >= 0.6 is 42.1 Å². The van der Waals surface area contributed by atoms with Gasteiger partial charge in [0.15, 0.2) is 0 Å². The van der Waals surface area contributed by atoms with Crippen molar-refractivity contribution in [2.45, 2.75) is 0 Å². The van der Waals surface area contributed by atoms with Crippen molar-refractivity contribution in [2.24, 2.45) is 11.0 Å². The van der Waals surface area contributed by atoms with Gasteiger partial charge in [-0.3, -0.25) is 25.5 Å². The number of carbonyl (C=O) groups excluding carboxylic acids is 1. The van der Waals surface area contributed by atoms with Crippen LogP contribution in [0.1, 0.15) is 9.67 Å². The van der Waals surface area contributed by atoms with Gasteiger partial charge < -0.3 is 0 Å². The highest BCUT2D eigenvalue weighted by molar-refractivity contribution is 7.57. The molecule has 1 aromatic heterocycles. The number of hydrogen-bond acceptors (Lipinski definition) is 3. The van der Waals surface area contributed by atoms with Crippen LogP contribution < -0.4 is 16.1 Å². The summed E-state index contributed by atoms with van der Waals surface area (Å²) in [6, 6.07) is 1.35. The molecule has 5 nitrogen and oxygen atoms in total. The van der Waals surface area contributed by atoms with Crippen LogP contribution in [0.4, 0.5) is 0 Å². The number of halogens is 2. The van der Waals surface area contributed by atoms with Crippen molar-refractivity contribution in [1.82, 2.24) is 5.09 Å². The molecule has 0 saturated carbocycles. The minimum absolute atomic E-state index is 0.205. The van der Waals surface area contributed by atoms with Crippen LogP contribution in [0.5, 0.6) is 0 Å². The largest absolute Gasteiger partial charge is 0.300 e. The highest BCUT2D eigenvalue weighted by atomic mass is 35.5. The van der Waals surface area contributed by atoms with E-state index in [0.717, 1.165) is 11.3 Å². The van der Waals surface area contributed by atoms with Crippen molar-refractivity contribution in [3.63, 3.8) is 0 Å². The van der Waals surface area contributed by atoms with Gasteiger partial charge in [-0.15, -0.1) is 11.3 Å². The second kappa shape index (κ2) is 4.18. The van der Waals surface area contributed by atoms with Crippen molar-refractivity contribution < 1.29 is 9.36 Å². The molecule has 0 aliphatic rings. The van der Waals surface area contributed by atoms with Crippen LogP contribution in [-0.2, 0) is 4.57 Å². The molecule has 9 heteroatoms. The smallest absolute Gasteiger partial charge is 0.279 e. The summed E-state index contributed by atoms with van der Waals surface area (Å²) in [7, 11) is -3.57. The third-order valence-electron chi connectivity index (χ3n) is 1.15. The van der Waals surface area contributed by atoms with Crippen molar-refractivity contribution in [3.05, 3.63) is 20.3 Å². The van der Waals surface area contributed by atoms with E-state index in [9.17, 15) is 9.36 Å². The number of nitrogens with one attached hydrogen (secondary N) is 1. The van der Waals surface area contributed by atoms with E-state index in [4.69, 9.17) is 34.2 Å². The summed E-state index contributed by atoms with van der Waals surface area (Å²) in [6.45, 7) is 0. The lowest BCUT2D eigenvalue weighted by Gasteiger charge is -2.06. The summed E-state index contributed by atoms with van der Waals surface area (Å²) in [5, 5.41) is 2.20. The number of amides is 1. The van der Waals surface area contributed by atoms with E-state index in [-0.39, 0.29) is 14.2 Å². The lowest BCUT2D eigenvalue weighted by atomic mass is 10.5. The van der Waals surface area contributed by atoms with Crippen LogP contribution in [0.15, 0.2) is 6.07 Å². The predicted molar refractivity (Wildman–Crippen MR) is 57.8 cm³/mol. The van der Waals surface area contributed by atoms with Gasteiger partial charge in [0.2, 0.25) is 0 Å². The Labute approximate surface area is 93.9 Å². The predicted octanol–water partition coefficient (Wildman–Crippen LogP) is 1.81. The summed E-state index contributed by atoms with van der Waals surface area (Å²) in [5.41, 5.74) is 9.92. The molecule has 0 saturated heterocycles. The molecule has 0 spiro atoms. The van der Waals surface area contributed by atoms with Gasteiger partial charge >= 0.3 is 7.59 Å². The van der Waals surface area contributed by atoms with Crippen LogP contribution in [0, 0.1) is 0 Å². The Morgan fingerprint density at radius 1 is 1.50 bits per heavy atom. The first-order valence-electron chi connectivity index (χ1n) is 3.24. The molecule has 5 N–H and O–H groups in total. The number of thiophene rings is 1. The number of hydrogen-bond donors (Lipinski definition) is 3. The zero-order valence-electron chi connectivity index (χ0n) is 6.66. The van der Waals surface area contributed by atoms with Crippen LogP contribution in [0.3, 0.4) is 0 Å². The van der Waals surface area contributed by atoms with Gasteiger partial charge in [-0.25, -0.2) is 0 Å². The van der Waals surface area contributed by atoms with E-state index in [1.807, 2.05) is 5.09 Å². The van der Waals surface area contributed by atoms with Crippen molar-refractivity contribution in [3.8, 4) is 0 Å². The molecule has 0 unspecified atom stereocenters. The minimum atomic E-state index is -3.57. The summed E-state index contributed by atoms with van der Waals surface area (Å²) in [5.74, 6) is -0.655. The van der Waals surface area contributed by atoms with E-state index in [2.05, 4.69) is 0 Å². The van der Waals surface area contributed by atoms with Crippen molar-refractivity contribution in [2.75, 3.05) is 0 Å². The fourth-order valence-corrected chi connectivity index (χ4v) is 2.45. The molecule has 1 aromatic rings. The standard InChI is InChI=1S/C5H6Cl2N3O2PS/c6-2-1-3(14-4(2)7)5(11)10-13(8,9)12/h1H,(H5,8,9,10,11,12). The first-order chi connectivity index (χ1) is 6.29. The third kappa shape index (κ3) is 3.24. The second-order valence-corrected chi connectivity index (χ2v) is 6.09. The number of carbonyl (C=O) groups is 1. The van der Waals surface area contributed by atoms with E-state index in [0.29, 0.717) is 0 Å². The summed E-state index contributed by atoms with van der Waals surface area (Å²) < 4.78 is 11.1. The van der Waals surface area contributed by atoms with Gasteiger partial charge in [-0.1, -0.05) is 23.2 Å². The zero-order valence-corrected chi connectivity index (χ0v) is 9.88. The van der Waals surface area contributed by atoms with Crippen molar-refractivity contribution >= 4 is 48.0 Å². The Kier molecular flexibility index (Phi) is 3.58. The summed E-state index contributed by atoms with van der Waals surface area (Å²) in [4.78, 5) is 11.5. The maximum absolute atomic E-state index is 11.3. The molecule has 0 atom stereocenters. The minimum Gasteiger partial charge on any atom is -0.279 e. The molecular formula is C5H6Cl2N3O2PS. The van der Waals surface area contributed by atoms with E-state index < -0.39 is 13.5 Å². The first-order valence-corrected chi connectivity index (χ1v) is 6.66. The van der Waals surface area contributed by atoms with E-state index >= 15 is 0 Å². The molecule has 0 fully saturated rings. The number of nitrogens with two attached hydrogens (primary N) is 2. The van der Waals surface area contributed by atoms with E-state index in [1.165, 1.54) is 6.07 Å². The van der Waals surface area contributed by atoms with Gasteiger partial charge in [-0.2, -0.15) is 0 Å². The Bertz CT molecular complexity index is 396. The van der Waals surface area contributed by atoms with Gasteiger partial charge in [-0.05, 0) is 6.07 Å². The van der Waals surface area contributed by atoms with Gasteiger partial charge in [0, 0.05) is 0 Å². The van der Waals surface area contributed by atoms with Gasteiger partial charge in [0.05, 0.1) is 9.90 Å². The lowest BCUT2D eigenvalue weighted by molar-refractivity contribution is 0.0984. The monoisotopic (exact) mass is 273 g/mol. The molecule has 0 radical (unpaired) electrons. The fourth-order valence-electron chi connectivity index (χ4n) is 0.672. The molecule has 0 bridgehead atoms. The second-order valence-electron chi connectivity index (χ2n) is 2.38. The summed E-state index contributed by atoms with van der Waals surface area (Å²) >= 11 is 12.2. The van der Waals surface area contributed by atoms with Crippen LogP contribution in [-0.4, -0.2) is 5.91 Å². The first kappa shape index (κ1) is 12.0. The molecule has 1 amide bonds. The SMILES string of the molecule is NP(N)(=O)NC(=O)c1cc(Cl)c(Cl)s1. The van der Waals surface area contributed by atoms with Gasteiger partial charge in [0.1, 0.15) is 4.34 Å². The van der Waals surface area contributed by atoms with Crippen molar-refractivity contribution in [1.29, 1.82) is 0 Å².